The predicted molar refractivity (Wildman–Crippen MR) is 110 cm³/mol. The Balaban J connectivity index is 1.46. The molecule has 3 heteroatoms. The van der Waals surface area contributed by atoms with Crippen LogP contribution in [0, 0.1) is 0 Å². The maximum atomic E-state index is 6.53. The van der Waals surface area contributed by atoms with Crippen molar-refractivity contribution in [3.8, 4) is 5.75 Å². The number of benzene rings is 3. The molecule has 138 valence electrons. The molecule has 3 nitrogen and oxygen atoms in total. The minimum atomic E-state index is 0.121. The van der Waals surface area contributed by atoms with Crippen LogP contribution in [0.4, 0.5) is 0 Å². The van der Waals surface area contributed by atoms with Crippen LogP contribution >= 0.6 is 0 Å². The Hall–Kier alpha value is -2.62. The Labute approximate surface area is 161 Å². The second kappa shape index (κ2) is 8.38. The van der Waals surface area contributed by atoms with Crippen LogP contribution in [0.2, 0.25) is 0 Å². The Kier molecular flexibility index (Phi) is 5.52. The molecule has 0 saturated carbocycles. The van der Waals surface area contributed by atoms with Gasteiger partial charge in [0, 0.05) is 37.2 Å². The van der Waals surface area contributed by atoms with Gasteiger partial charge >= 0.3 is 0 Å². The maximum Gasteiger partial charge on any atom is 0.123 e. The number of hydrogen-bond acceptors (Lipinski definition) is 3. The van der Waals surface area contributed by atoms with Crippen LogP contribution in [0.25, 0.3) is 0 Å². The zero-order valence-corrected chi connectivity index (χ0v) is 15.5. The number of nitrogens with two attached hydrogens (primary N) is 1. The molecule has 1 heterocycles. The van der Waals surface area contributed by atoms with Gasteiger partial charge in [0.1, 0.15) is 12.4 Å². The van der Waals surface area contributed by atoms with E-state index in [-0.39, 0.29) is 6.04 Å². The van der Waals surface area contributed by atoms with Gasteiger partial charge in [-0.3, -0.25) is 4.90 Å². The molecular formula is C24H26N2O. The number of likely N-dealkylation sites (tertiary alicyclic amines) is 1. The van der Waals surface area contributed by atoms with Gasteiger partial charge in [0.15, 0.2) is 0 Å². The van der Waals surface area contributed by atoms with Crippen molar-refractivity contribution < 1.29 is 4.74 Å². The summed E-state index contributed by atoms with van der Waals surface area (Å²) in [5.74, 6) is 1.24. The summed E-state index contributed by atoms with van der Waals surface area (Å²) in [6.45, 7) is 3.39. The minimum Gasteiger partial charge on any atom is -0.489 e. The van der Waals surface area contributed by atoms with Crippen molar-refractivity contribution in [3.63, 3.8) is 0 Å². The van der Waals surface area contributed by atoms with Gasteiger partial charge in [-0.2, -0.15) is 0 Å². The fourth-order valence-electron chi connectivity index (χ4n) is 3.87. The van der Waals surface area contributed by atoms with E-state index in [1.807, 2.05) is 24.3 Å². The monoisotopic (exact) mass is 358 g/mol. The van der Waals surface area contributed by atoms with Crippen LogP contribution in [0.1, 0.15) is 22.6 Å². The SMILES string of the molecule is N[C@H]1CN(Cc2ccccc2)C[C@@H]1c1ccccc1OCc1ccccc1. The summed E-state index contributed by atoms with van der Waals surface area (Å²) in [5, 5.41) is 0. The molecule has 0 bridgehead atoms. The molecule has 27 heavy (non-hydrogen) atoms. The van der Waals surface area contributed by atoms with E-state index in [1.165, 1.54) is 16.7 Å². The average molecular weight is 358 g/mol. The molecule has 2 atom stereocenters. The zero-order chi connectivity index (χ0) is 18.5. The predicted octanol–water partition coefficient (Wildman–Crippen LogP) is 4.19. The lowest BCUT2D eigenvalue weighted by Gasteiger charge is -2.19. The van der Waals surface area contributed by atoms with E-state index in [0.29, 0.717) is 12.5 Å². The zero-order valence-electron chi connectivity index (χ0n) is 15.5. The van der Waals surface area contributed by atoms with E-state index in [1.54, 1.807) is 0 Å². The lowest BCUT2D eigenvalue weighted by Crippen LogP contribution is -2.28. The Morgan fingerprint density at radius 1 is 0.778 bits per heavy atom. The largest absolute Gasteiger partial charge is 0.489 e. The summed E-state index contributed by atoms with van der Waals surface area (Å²) in [5.41, 5.74) is 10.3. The Morgan fingerprint density at radius 3 is 2.15 bits per heavy atom. The first kappa shape index (κ1) is 17.8. The summed E-state index contributed by atoms with van der Waals surface area (Å²) in [4.78, 5) is 2.44. The van der Waals surface area contributed by atoms with E-state index in [2.05, 4.69) is 65.6 Å². The van der Waals surface area contributed by atoms with Gasteiger partial charge in [-0.05, 0) is 17.2 Å². The third kappa shape index (κ3) is 4.38. The van der Waals surface area contributed by atoms with Gasteiger partial charge in [0.05, 0.1) is 0 Å². The van der Waals surface area contributed by atoms with E-state index < -0.39 is 0 Å². The summed E-state index contributed by atoms with van der Waals surface area (Å²) >= 11 is 0. The number of ether oxygens (including phenoxy) is 1. The number of rotatable bonds is 6. The fraction of sp³-hybridized carbons (Fsp3) is 0.250. The van der Waals surface area contributed by atoms with Gasteiger partial charge in [-0.1, -0.05) is 78.9 Å². The average Bonchev–Trinajstić information content (AvgIpc) is 3.08. The molecule has 0 aliphatic carbocycles. The molecule has 3 aromatic rings. The molecule has 0 amide bonds. The lowest BCUT2D eigenvalue weighted by molar-refractivity contribution is 0.298. The highest BCUT2D eigenvalue weighted by atomic mass is 16.5. The van der Waals surface area contributed by atoms with Gasteiger partial charge < -0.3 is 10.5 Å². The lowest BCUT2D eigenvalue weighted by atomic mass is 9.94. The van der Waals surface area contributed by atoms with Crippen molar-refractivity contribution in [3.05, 3.63) is 102 Å². The summed E-state index contributed by atoms with van der Waals surface area (Å²) in [7, 11) is 0. The van der Waals surface area contributed by atoms with Crippen LogP contribution in [-0.4, -0.2) is 24.0 Å². The maximum absolute atomic E-state index is 6.53. The highest BCUT2D eigenvalue weighted by Crippen LogP contribution is 2.34. The molecule has 0 aromatic heterocycles. The third-order valence-corrected chi connectivity index (χ3v) is 5.25. The number of para-hydroxylation sites is 1. The van der Waals surface area contributed by atoms with Crippen molar-refractivity contribution in [2.24, 2.45) is 5.73 Å². The molecule has 1 fully saturated rings. The van der Waals surface area contributed by atoms with Gasteiger partial charge in [-0.15, -0.1) is 0 Å². The van der Waals surface area contributed by atoms with Crippen LogP contribution in [0.3, 0.4) is 0 Å². The Morgan fingerprint density at radius 2 is 1.41 bits per heavy atom. The summed E-state index contributed by atoms with van der Waals surface area (Å²) < 4.78 is 6.16. The molecule has 0 radical (unpaired) electrons. The van der Waals surface area contributed by atoms with Crippen molar-refractivity contribution in [1.29, 1.82) is 0 Å². The minimum absolute atomic E-state index is 0.121. The molecule has 0 unspecified atom stereocenters. The third-order valence-electron chi connectivity index (χ3n) is 5.25. The van der Waals surface area contributed by atoms with Crippen LogP contribution in [-0.2, 0) is 13.2 Å². The summed E-state index contributed by atoms with van der Waals surface area (Å²) in [6.07, 6.45) is 0. The molecule has 4 rings (SSSR count). The first-order valence-electron chi connectivity index (χ1n) is 9.57. The van der Waals surface area contributed by atoms with Crippen LogP contribution < -0.4 is 10.5 Å². The second-order valence-electron chi connectivity index (χ2n) is 7.26. The topological polar surface area (TPSA) is 38.5 Å². The van der Waals surface area contributed by atoms with Crippen molar-refractivity contribution in [2.75, 3.05) is 13.1 Å². The molecule has 1 saturated heterocycles. The quantitative estimate of drug-likeness (QED) is 0.718. The molecule has 1 aliphatic heterocycles. The van der Waals surface area contributed by atoms with E-state index in [4.69, 9.17) is 10.5 Å². The normalized spacial score (nSPS) is 19.9. The van der Waals surface area contributed by atoms with Crippen molar-refractivity contribution in [1.82, 2.24) is 4.90 Å². The molecule has 3 aromatic carbocycles. The second-order valence-corrected chi connectivity index (χ2v) is 7.26. The van der Waals surface area contributed by atoms with Crippen LogP contribution in [0.15, 0.2) is 84.9 Å². The van der Waals surface area contributed by atoms with E-state index in [0.717, 1.165) is 25.4 Å². The van der Waals surface area contributed by atoms with E-state index >= 15 is 0 Å². The molecule has 2 N–H and O–H groups in total. The first-order valence-corrected chi connectivity index (χ1v) is 9.57. The highest BCUT2D eigenvalue weighted by Gasteiger charge is 2.32. The molecule has 1 aliphatic rings. The van der Waals surface area contributed by atoms with Crippen LogP contribution in [0.5, 0.6) is 5.75 Å². The smallest absolute Gasteiger partial charge is 0.123 e. The molecule has 0 spiro atoms. The first-order chi connectivity index (χ1) is 13.3. The van der Waals surface area contributed by atoms with Gasteiger partial charge in [0.2, 0.25) is 0 Å². The summed E-state index contributed by atoms with van der Waals surface area (Å²) in [6, 6.07) is 29.3. The number of nitrogens with zero attached hydrogens (tertiary/aromatic N) is 1. The van der Waals surface area contributed by atoms with Crippen molar-refractivity contribution >= 4 is 0 Å². The van der Waals surface area contributed by atoms with Crippen molar-refractivity contribution in [2.45, 2.75) is 25.1 Å². The fourth-order valence-corrected chi connectivity index (χ4v) is 3.87. The number of hydrogen-bond donors (Lipinski definition) is 1. The van der Waals surface area contributed by atoms with Gasteiger partial charge in [0.25, 0.3) is 0 Å². The molecular weight excluding hydrogens is 332 g/mol. The Bertz CT molecular complexity index is 851. The van der Waals surface area contributed by atoms with E-state index in [9.17, 15) is 0 Å². The van der Waals surface area contributed by atoms with Gasteiger partial charge in [-0.25, -0.2) is 0 Å². The highest BCUT2D eigenvalue weighted by molar-refractivity contribution is 5.38. The standard InChI is InChI=1S/C24H26N2O/c25-23-17-26(15-19-9-3-1-4-10-19)16-22(23)21-13-7-8-14-24(21)27-18-20-11-5-2-6-12-20/h1-14,22-23H,15-18,25H2/t22-,23+/m1/s1.